The first-order chi connectivity index (χ1) is 18.4. The number of amides is 2. The Hall–Kier alpha value is -4.98. The van der Waals surface area contributed by atoms with E-state index >= 15 is 0 Å². The monoisotopic (exact) mass is 511 g/mol. The zero-order valence-electron chi connectivity index (χ0n) is 20.6. The molecule has 4 rings (SSSR count). The molecule has 0 bridgehead atoms. The van der Waals surface area contributed by atoms with Crippen LogP contribution in [0.25, 0.3) is 0 Å². The van der Waals surface area contributed by atoms with Crippen molar-refractivity contribution in [2.45, 2.75) is 13.0 Å². The molecule has 38 heavy (non-hydrogen) atoms. The van der Waals surface area contributed by atoms with Crippen molar-refractivity contribution in [3.8, 4) is 0 Å². The second-order valence-corrected chi connectivity index (χ2v) is 8.45. The Kier molecular flexibility index (Phi) is 8.46. The average Bonchev–Trinajstić information content (AvgIpc) is 2.94. The average molecular weight is 512 g/mol. The molecule has 0 radical (unpaired) electrons. The van der Waals surface area contributed by atoms with Crippen molar-refractivity contribution in [3.63, 3.8) is 0 Å². The number of ether oxygens (including phenoxy) is 1. The third-order valence-electron chi connectivity index (χ3n) is 5.70. The highest BCUT2D eigenvalue weighted by Gasteiger charge is 2.18. The summed E-state index contributed by atoms with van der Waals surface area (Å²) in [5, 5.41) is 8.61. The number of carbonyl (C=O) groups is 3. The van der Waals surface area contributed by atoms with Gasteiger partial charge in [0.15, 0.2) is 6.61 Å². The smallest absolute Gasteiger partial charge is 0.340 e. The number of hydrogen-bond acceptors (Lipinski definition) is 5. The molecule has 0 aliphatic rings. The maximum atomic E-state index is 13.2. The lowest BCUT2D eigenvalue weighted by molar-refractivity contribution is -0.119. The molecular weight excluding hydrogens is 485 g/mol. The summed E-state index contributed by atoms with van der Waals surface area (Å²) in [5.74, 6) is -2.04. The minimum absolute atomic E-state index is 0.208. The fraction of sp³-hybridized carbons (Fsp3) is 0.100. The number of rotatable bonds is 9. The van der Waals surface area contributed by atoms with Gasteiger partial charge >= 0.3 is 5.97 Å². The second-order valence-electron chi connectivity index (χ2n) is 8.45. The van der Waals surface area contributed by atoms with E-state index in [-0.39, 0.29) is 28.9 Å². The predicted octanol–water partition coefficient (Wildman–Crippen LogP) is 5.86. The quantitative estimate of drug-likeness (QED) is 0.245. The number of halogens is 1. The van der Waals surface area contributed by atoms with Crippen LogP contribution in [0.1, 0.15) is 39.2 Å². The first-order valence-electron chi connectivity index (χ1n) is 11.9. The fourth-order valence-electron chi connectivity index (χ4n) is 3.74. The zero-order valence-corrected chi connectivity index (χ0v) is 20.6. The van der Waals surface area contributed by atoms with E-state index in [9.17, 15) is 18.8 Å². The fourth-order valence-corrected chi connectivity index (χ4v) is 3.74. The summed E-state index contributed by atoms with van der Waals surface area (Å²) in [6, 6.07) is 28.2. The first-order valence-corrected chi connectivity index (χ1v) is 11.9. The van der Waals surface area contributed by atoms with Crippen LogP contribution in [0.15, 0.2) is 103 Å². The van der Waals surface area contributed by atoms with Crippen LogP contribution in [0.2, 0.25) is 0 Å². The van der Waals surface area contributed by atoms with Gasteiger partial charge in [-0.2, -0.15) is 0 Å². The van der Waals surface area contributed by atoms with E-state index in [2.05, 4.69) is 16.0 Å². The van der Waals surface area contributed by atoms with Crippen LogP contribution in [0.3, 0.4) is 0 Å². The molecule has 4 aromatic carbocycles. The van der Waals surface area contributed by atoms with E-state index in [1.807, 2.05) is 37.3 Å². The number of para-hydroxylation sites is 2. The van der Waals surface area contributed by atoms with E-state index in [0.29, 0.717) is 17.1 Å². The van der Waals surface area contributed by atoms with E-state index in [1.165, 1.54) is 12.1 Å². The van der Waals surface area contributed by atoms with E-state index in [0.717, 1.165) is 5.56 Å². The van der Waals surface area contributed by atoms with Crippen molar-refractivity contribution >= 4 is 34.8 Å². The Morgan fingerprint density at radius 1 is 0.763 bits per heavy atom. The van der Waals surface area contributed by atoms with Crippen LogP contribution in [-0.2, 0) is 9.53 Å². The van der Waals surface area contributed by atoms with E-state index in [1.54, 1.807) is 60.7 Å². The molecule has 0 saturated heterocycles. The summed E-state index contributed by atoms with van der Waals surface area (Å²) < 4.78 is 18.4. The predicted molar refractivity (Wildman–Crippen MR) is 144 cm³/mol. The lowest BCUT2D eigenvalue weighted by Gasteiger charge is -2.16. The number of esters is 1. The van der Waals surface area contributed by atoms with Crippen LogP contribution in [-0.4, -0.2) is 24.4 Å². The Bertz CT molecular complexity index is 1430. The van der Waals surface area contributed by atoms with E-state index in [4.69, 9.17) is 4.74 Å². The van der Waals surface area contributed by atoms with Crippen molar-refractivity contribution in [1.82, 2.24) is 5.32 Å². The highest BCUT2D eigenvalue weighted by Crippen LogP contribution is 2.22. The van der Waals surface area contributed by atoms with Crippen LogP contribution < -0.4 is 16.0 Å². The molecule has 8 heteroatoms. The summed E-state index contributed by atoms with van der Waals surface area (Å²) in [5.41, 5.74) is 2.76. The molecule has 4 aromatic rings. The Labute approximate surface area is 219 Å². The third-order valence-corrected chi connectivity index (χ3v) is 5.70. The molecule has 0 aliphatic heterocycles. The van der Waals surface area contributed by atoms with Crippen molar-refractivity contribution in [2.75, 3.05) is 17.2 Å². The van der Waals surface area contributed by atoms with Crippen molar-refractivity contribution in [2.24, 2.45) is 0 Å². The lowest BCUT2D eigenvalue weighted by Crippen LogP contribution is -2.28. The Balaban J connectivity index is 1.37. The summed E-state index contributed by atoms with van der Waals surface area (Å²) in [6.07, 6.45) is 0. The van der Waals surface area contributed by atoms with Gasteiger partial charge in [0.1, 0.15) is 5.82 Å². The highest BCUT2D eigenvalue weighted by atomic mass is 19.1. The number of anilines is 3. The van der Waals surface area contributed by atoms with Gasteiger partial charge in [-0.15, -0.1) is 0 Å². The standard InChI is InChI=1S/C30H26FN3O4/c1-20(21-9-3-2-4-10-21)32-29(36)24-11-5-7-13-26(24)34-28(35)19-38-30(37)25-12-6-8-14-27(25)33-23-17-15-22(31)16-18-23/h2-18,20,33H,19H2,1H3,(H,32,36)(H,34,35)/t20-/m1/s1. The minimum Gasteiger partial charge on any atom is -0.452 e. The van der Waals surface area contributed by atoms with Crippen LogP contribution in [0.5, 0.6) is 0 Å². The van der Waals surface area contributed by atoms with Crippen LogP contribution in [0.4, 0.5) is 21.5 Å². The van der Waals surface area contributed by atoms with Crippen molar-refractivity contribution in [3.05, 3.63) is 126 Å². The second kappa shape index (κ2) is 12.3. The van der Waals surface area contributed by atoms with Gasteiger partial charge in [-0.05, 0) is 61.0 Å². The molecular formula is C30H26FN3O4. The third kappa shape index (κ3) is 6.82. The molecule has 2 amide bonds. The van der Waals surface area contributed by atoms with Gasteiger partial charge in [0.2, 0.25) is 0 Å². The molecule has 3 N–H and O–H groups in total. The molecule has 0 spiro atoms. The number of nitrogens with one attached hydrogen (secondary N) is 3. The van der Waals surface area contributed by atoms with Gasteiger partial charge in [-0.1, -0.05) is 54.6 Å². The van der Waals surface area contributed by atoms with Gasteiger partial charge < -0.3 is 20.7 Å². The van der Waals surface area contributed by atoms with E-state index < -0.39 is 18.5 Å². The Morgan fingerprint density at radius 3 is 2.08 bits per heavy atom. The van der Waals surface area contributed by atoms with Gasteiger partial charge in [-0.3, -0.25) is 9.59 Å². The number of hydrogen-bond donors (Lipinski definition) is 3. The van der Waals surface area contributed by atoms with Crippen LogP contribution >= 0.6 is 0 Å². The van der Waals surface area contributed by atoms with Gasteiger partial charge in [0, 0.05) is 5.69 Å². The number of benzene rings is 4. The summed E-state index contributed by atoms with van der Waals surface area (Å²) in [6.45, 7) is 1.32. The maximum Gasteiger partial charge on any atom is 0.340 e. The lowest BCUT2D eigenvalue weighted by atomic mass is 10.1. The maximum absolute atomic E-state index is 13.2. The highest BCUT2D eigenvalue weighted by molar-refractivity contribution is 6.05. The molecule has 0 unspecified atom stereocenters. The van der Waals surface area contributed by atoms with Crippen molar-refractivity contribution < 1.29 is 23.5 Å². The molecule has 1 atom stereocenters. The molecule has 0 aromatic heterocycles. The topological polar surface area (TPSA) is 96.5 Å². The summed E-state index contributed by atoms with van der Waals surface area (Å²) in [7, 11) is 0. The molecule has 192 valence electrons. The minimum atomic E-state index is -0.715. The Morgan fingerprint density at radius 2 is 1.37 bits per heavy atom. The van der Waals surface area contributed by atoms with Crippen molar-refractivity contribution in [1.29, 1.82) is 0 Å². The first kappa shape index (κ1) is 26.1. The zero-order chi connectivity index (χ0) is 26.9. The number of carbonyl (C=O) groups excluding carboxylic acids is 3. The molecule has 0 aliphatic carbocycles. The molecule has 7 nitrogen and oxygen atoms in total. The summed E-state index contributed by atoms with van der Waals surface area (Å²) >= 11 is 0. The SMILES string of the molecule is C[C@@H](NC(=O)c1ccccc1NC(=O)COC(=O)c1ccccc1Nc1ccc(F)cc1)c1ccccc1. The van der Waals surface area contributed by atoms with Gasteiger partial charge in [-0.25, -0.2) is 9.18 Å². The molecule has 0 fully saturated rings. The molecule has 0 saturated carbocycles. The largest absolute Gasteiger partial charge is 0.452 e. The summed E-state index contributed by atoms with van der Waals surface area (Å²) in [4.78, 5) is 38.2. The van der Waals surface area contributed by atoms with Crippen LogP contribution in [0, 0.1) is 5.82 Å². The molecule has 0 heterocycles. The van der Waals surface area contributed by atoms with Gasteiger partial charge in [0.25, 0.3) is 11.8 Å². The van der Waals surface area contributed by atoms with Gasteiger partial charge in [0.05, 0.1) is 28.5 Å². The normalized spacial score (nSPS) is 11.2.